The second kappa shape index (κ2) is 4.58. The highest BCUT2D eigenvalue weighted by atomic mass is 19.4. The van der Waals surface area contributed by atoms with E-state index < -0.39 is 11.7 Å². The van der Waals surface area contributed by atoms with Crippen molar-refractivity contribution in [2.75, 3.05) is 0 Å². The standard InChI is InChI=1S/C15H16F3N/c16-15(17,18)13-11-8-4-5-9-12(11)19-14(13)10-6-2-1-3-7-10/h4-5,8-10,19H,1-3,6-7H2. The van der Waals surface area contributed by atoms with Gasteiger partial charge in [0.1, 0.15) is 0 Å². The Morgan fingerprint density at radius 3 is 2.37 bits per heavy atom. The van der Waals surface area contributed by atoms with Gasteiger partial charge in [0.15, 0.2) is 0 Å². The number of rotatable bonds is 1. The van der Waals surface area contributed by atoms with Gasteiger partial charge in [-0.05, 0) is 24.8 Å². The number of halogens is 3. The summed E-state index contributed by atoms with van der Waals surface area (Å²) in [4.78, 5) is 3.02. The van der Waals surface area contributed by atoms with Gasteiger partial charge >= 0.3 is 6.18 Å². The maximum Gasteiger partial charge on any atom is 0.418 e. The zero-order valence-electron chi connectivity index (χ0n) is 10.6. The average Bonchev–Trinajstić information content (AvgIpc) is 2.79. The van der Waals surface area contributed by atoms with Crippen molar-refractivity contribution < 1.29 is 13.2 Å². The van der Waals surface area contributed by atoms with E-state index in [1.807, 2.05) is 0 Å². The third-order valence-electron chi connectivity index (χ3n) is 4.03. The largest absolute Gasteiger partial charge is 0.418 e. The van der Waals surface area contributed by atoms with E-state index >= 15 is 0 Å². The molecule has 3 rings (SSSR count). The van der Waals surface area contributed by atoms with Crippen LogP contribution in [0.2, 0.25) is 0 Å². The molecular weight excluding hydrogens is 251 g/mol. The number of aromatic nitrogens is 1. The van der Waals surface area contributed by atoms with Crippen LogP contribution in [0.1, 0.15) is 49.3 Å². The van der Waals surface area contributed by atoms with Gasteiger partial charge in [0.05, 0.1) is 5.56 Å². The second-order valence-electron chi connectivity index (χ2n) is 5.29. The molecule has 0 saturated heterocycles. The van der Waals surface area contributed by atoms with Crippen molar-refractivity contribution in [1.82, 2.24) is 4.98 Å². The molecule has 1 aliphatic carbocycles. The predicted octanol–water partition coefficient (Wildman–Crippen LogP) is 5.23. The van der Waals surface area contributed by atoms with E-state index in [9.17, 15) is 13.2 Å². The fourth-order valence-electron chi connectivity index (χ4n) is 3.17. The Balaban J connectivity index is 2.17. The molecule has 19 heavy (non-hydrogen) atoms. The van der Waals surface area contributed by atoms with Crippen LogP contribution in [-0.2, 0) is 6.18 Å². The number of alkyl halides is 3. The lowest BCUT2D eigenvalue weighted by atomic mass is 9.85. The zero-order chi connectivity index (χ0) is 13.5. The first-order valence-corrected chi connectivity index (χ1v) is 6.75. The van der Waals surface area contributed by atoms with Crippen molar-refractivity contribution in [3.63, 3.8) is 0 Å². The summed E-state index contributed by atoms with van der Waals surface area (Å²) in [7, 11) is 0. The van der Waals surface area contributed by atoms with Crippen LogP contribution in [0.15, 0.2) is 24.3 Å². The second-order valence-corrected chi connectivity index (χ2v) is 5.29. The quantitative estimate of drug-likeness (QED) is 0.727. The van der Waals surface area contributed by atoms with Gasteiger partial charge < -0.3 is 4.98 Å². The fraction of sp³-hybridized carbons (Fsp3) is 0.467. The molecule has 0 amide bonds. The number of H-pyrrole nitrogens is 1. The SMILES string of the molecule is FC(F)(F)c1c(C2CCCCC2)[nH]c2ccccc12. The van der Waals surface area contributed by atoms with Gasteiger partial charge in [0.25, 0.3) is 0 Å². The van der Waals surface area contributed by atoms with Gasteiger partial charge in [0, 0.05) is 16.6 Å². The first-order chi connectivity index (χ1) is 9.07. The molecule has 4 heteroatoms. The summed E-state index contributed by atoms with van der Waals surface area (Å²) in [6.45, 7) is 0. The molecule has 1 fully saturated rings. The molecule has 1 N–H and O–H groups in total. The van der Waals surface area contributed by atoms with Gasteiger partial charge in [0.2, 0.25) is 0 Å². The number of benzene rings is 1. The summed E-state index contributed by atoms with van der Waals surface area (Å²) in [5.41, 5.74) is 0.541. The van der Waals surface area contributed by atoms with Crippen molar-refractivity contribution >= 4 is 10.9 Å². The summed E-state index contributed by atoms with van der Waals surface area (Å²) in [5, 5.41) is 0.301. The van der Waals surface area contributed by atoms with Crippen molar-refractivity contribution in [3.8, 4) is 0 Å². The first-order valence-electron chi connectivity index (χ1n) is 6.75. The minimum Gasteiger partial charge on any atom is -0.358 e. The Hall–Kier alpha value is -1.45. The first kappa shape index (κ1) is 12.6. The van der Waals surface area contributed by atoms with E-state index in [1.165, 1.54) is 0 Å². The summed E-state index contributed by atoms with van der Waals surface area (Å²) < 4.78 is 40.0. The molecule has 1 heterocycles. The number of hydrogen-bond donors (Lipinski definition) is 1. The highest BCUT2D eigenvalue weighted by molar-refractivity contribution is 5.85. The van der Waals surface area contributed by atoms with Crippen molar-refractivity contribution in [2.24, 2.45) is 0 Å². The van der Waals surface area contributed by atoms with Crippen LogP contribution in [0.5, 0.6) is 0 Å². The Morgan fingerprint density at radius 2 is 1.68 bits per heavy atom. The van der Waals surface area contributed by atoms with Crippen molar-refractivity contribution in [1.29, 1.82) is 0 Å². The molecule has 0 spiro atoms. The van der Waals surface area contributed by atoms with Crippen LogP contribution in [0.4, 0.5) is 13.2 Å². The molecule has 1 aromatic carbocycles. The molecule has 0 atom stereocenters. The van der Waals surface area contributed by atoms with E-state index in [1.54, 1.807) is 24.3 Å². The minimum absolute atomic E-state index is 0.0257. The van der Waals surface area contributed by atoms with E-state index in [4.69, 9.17) is 0 Å². The molecule has 0 radical (unpaired) electrons. The lowest BCUT2D eigenvalue weighted by Crippen LogP contribution is -2.13. The van der Waals surface area contributed by atoms with Gasteiger partial charge in [-0.3, -0.25) is 0 Å². The minimum atomic E-state index is -4.29. The molecule has 1 aliphatic rings. The highest BCUT2D eigenvalue weighted by Gasteiger charge is 2.38. The smallest absolute Gasteiger partial charge is 0.358 e. The number of aromatic amines is 1. The summed E-state index contributed by atoms with van der Waals surface area (Å²) in [6, 6.07) is 6.71. The molecule has 1 saturated carbocycles. The van der Waals surface area contributed by atoms with E-state index in [0.29, 0.717) is 16.6 Å². The van der Waals surface area contributed by atoms with Crippen LogP contribution in [-0.4, -0.2) is 4.98 Å². The molecule has 102 valence electrons. The van der Waals surface area contributed by atoms with Crippen molar-refractivity contribution in [3.05, 3.63) is 35.5 Å². The number of fused-ring (bicyclic) bond motifs is 1. The van der Waals surface area contributed by atoms with E-state index in [-0.39, 0.29) is 5.92 Å². The Bertz CT molecular complexity index is 577. The molecule has 0 bridgehead atoms. The Kier molecular flexibility index (Phi) is 3.03. The molecule has 2 aromatic rings. The summed E-state index contributed by atoms with van der Waals surface area (Å²) in [6.07, 6.45) is 0.616. The Morgan fingerprint density at radius 1 is 1.00 bits per heavy atom. The number of nitrogens with one attached hydrogen (secondary N) is 1. The van der Waals surface area contributed by atoms with Gasteiger partial charge in [-0.15, -0.1) is 0 Å². The summed E-state index contributed by atoms with van der Waals surface area (Å²) in [5.74, 6) is 0.0257. The summed E-state index contributed by atoms with van der Waals surface area (Å²) >= 11 is 0. The molecule has 1 aromatic heterocycles. The van der Waals surface area contributed by atoms with Crippen LogP contribution < -0.4 is 0 Å². The van der Waals surface area contributed by atoms with Gasteiger partial charge in [-0.2, -0.15) is 13.2 Å². The van der Waals surface area contributed by atoms with E-state index in [0.717, 1.165) is 32.1 Å². The van der Waals surface area contributed by atoms with Gasteiger partial charge in [-0.1, -0.05) is 37.5 Å². The average molecular weight is 267 g/mol. The zero-order valence-corrected chi connectivity index (χ0v) is 10.6. The lowest BCUT2D eigenvalue weighted by Gasteiger charge is -2.22. The lowest BCUT2D eigenvalue weighted by molar-refractivity contribution is -0.137. The Labute approximate surface area is 109 Å². The maximum atomic E-state index is 13.3. The van der Waals surface area contributed by atoms with Gasteiger partial charge in [-0.25, -0.2) is 0 Å². The van der Waals surface area contributed by atoms with Crippen LogP contribution in [0.25, 0.3) is 10.9 Å². The molecule has 0 aliphatic heterocycles. The number of hydrogen-bond acceptors (Lipinski definition) is 0. The molecular formula is C15H16F3N. The van der Waals surface area contributed by atoms with Crippen LogP contribution in [0.3, 0.4) is 0 Å². The molecule has 1 nitrogen and oxygen atoms in total. The maximum absolute atomic E-state index is 13.3. The monoisotopic (exact) mass is 267 g/mol. The predicted molar refractivity (Wildman–Crippen MR) is 69.1 cm³/mol. The van der Waals surface area contributed by atoms with Crippen molar-refractivity contribution in [2.45, 2.75) is 44.2 Å². The van der Waals surface area contributed by atoms with Crippen LogP contribution >= 0.6 is 0 Å². The third kappa shape index (κ3) is 2.24. The third-order valence-corrected chi connectivity index (χ3v) is 4.03. The normalized spacial score (nSPS) is 18.1. The fourth-order valence-corrected chi connectivity index (χ4v) is 3.17. The molecule has 0 unspecified atom stereocenters. The topological polar surface area (TPSA) is 15.8 Å². The van der Waals surface area contributed by atoms with Crippen LogP contribution in [0, 0.1) is 0 Å². The van der Waals surface area contributed by atoms with E-state index in [2.05, 4.69) is 4.98 Å². The highest BCUT2D eigenvalue weighted by Crippen LogP contribution is 2.43. The number of para-hydroxylation sites is 1.